The number of rotatable bonds is 4. The zero-order valence-electron chi connectivity index (χ0n) is 14.9. The lowest BCUT2D eigenvalue weighted by Gasteiger charge is -2.20. The van der Waals surface area contributed by atoms with Gasteiger partial charge in [0.2, 0.25) is 15.9 Å². The predicted molar refractivity (Wildman–Crippen MR) is 100 cm³/mol. The van der Waals surface area contributed by atoms with E-state index in [1.54, 1.807) is 39.1 Å². The third-order valence-electron chi connectivity index (χ3n) is 3.82. The van der Waals surface area contributed by atoms with Crippen LogP contribution >= 0.6 is 0 Å². The van der Waals surface area contributed by atoms with E-state index in [1.807, 2.05) is 12.1 Å². The standard InChI is InChI=1S/C18H22N4O3S/c1-18(2,3)22-26(24,25)14-8-6-13(7-9-14)20-17(23)15-11-12-5-4-10-19-16(12)21-15/h4-10,15,22H,11H2,1-3H3,(H,19,21)(H,20,23). The smallest absolute Gasteiger partial charge is 0.247 e. The summed E-state index contributed by atoms with van der Waals surface area (Å²) in [5, 5.41) is 5.89. The number of nitrogens with zero attached hydrogens (tertiary/aromatic N) is 1. The highest BCUT2D eigenvalue weighted by Crippen LogP contribution is 2.24. The van der Waals surface area contributed by atoms with E-state index in [9.17, 15) is 13.2 Å². The third-order valence-corrected chi connectivity index (χ3v) is 5.59. The molecule has 26 heavy (non-hydrogen) atoms. The monoisotopic (exact) mass is 374 g/mol. The van der Waals surface area contributed by atoms with E-state index in [1.165, 1.54) is 12.1 Å². The van der Waals surface area contributed by atoms with Crippen LogP contribution in [0.3, 0.4) is 0 Å². The second kappa shape index (κ2) is 6.69. The average molecular weight is 374 g/mol. The fourth-order valence-electron chi connectivity index (χ4n) is 2.74. The first-order valence-corrected chi connectivity index (χ1v) is 9.78. The fraction of sp³-hybridized carbons (Fsp3) is 0.333. The number of hydrogen-bond acceptors (Lipinski definition) is 5. The van der Waals surface area contributed by atoms with Gasteiger partial charge in [0.05, 0.1) is 4.90 Å². The lowest BCUT2D eigenvalue weighted by Crippen LogP contribution is -2.40. The van der Waals surface area contributed by atoms with Crippen LogP contribution < -0.4 is 15.4 Å². The Morgan fingerprint density at radius 2 is 1.88 bits per heavy atom. The molecule has 2 heterocycles. The second-order valence-corrected chi connectivity index (χ2v) is 8.96. The van der Waals surface area contributed by atoms with Gasteiger partial charge in [-0.05, 0) is 56.7 Å². The molecule has 1 atom stereocenters. The highest BCUT2D eigenvalue weighted by atomic mass is 32.2. The van der Waals surface area contributed by atoms with Crippen LogP contribution in [0, 0.1) is 0 Å². The SMILES string of the molecule is CC(C)(C)NS(=O)(=O)c1ccc(NC(=O)C2Cc3cccnc3N2)cc1. The molecule has 2 aromatic rings. The molecule has 1 unspecified atom stereocenters. The number of pyridine rings is 1. The third kappa shape index (κ3) is 4.20. The minimum absolute atomic E-state index is 0.154. The van der Waals surface area contributed by atoms with Crippen molar-refractivity contribution in [3.63, 3.8) is 0 Å². The Kier molecular flexibility index (Phi) is 4.72. The van der Waals surface area contributed by atoms with E-state index in [-0.39, 0.29) is 10.8 Å². The first-order valence-electron chi connectivity index (χ1n) is 8.29. The number of aromatic nitrogens is 1. The largest absolute Gasteiger partial charge is 0.358 e. The molecule has 3 N–H and O–H groups in total. The van der Waals surface area contributed by atoms with Crippen molar-refractivity contribution in [2.45, 2.75) is 43.7 Å². The van der Waals surface area contributed by atoms with Gasteiger partial charge in [0.1, 0.15) is 11.9 Å². The Hall–Kier alpha value is -2.45. The molecule has 138 valence electrons. The van der Waals surface area contributed by atoms with Crippen LogP contribution in [0.5, 0.6) is 0 Å². The minimum Gasteiger partial charge on any atom is -0.358 e. The van der Waals surface area contributed by atoms with E-state index in [2.05, 4.69) is 20.3 Å². The van der Waals surface area contributed by atoms with Crippen LogP contribution in [-0.4, -0.2) is 30.9 Å². The van der Waals surface area contributed by atoms with Crippen molar-refractivity contribution in [2.75, 3.05) is 10.6 Å². The van der Waals surface area contributed by atoms with Crippen LogP contribution in [0.15, 0.2) is 47.5 Å². The first-order chi connectivity index (χ1) is 12.1. The van der Waals surface area contributed by atoms with Gasteiger partial charge in [-0.25, -0.2) is 18.1 Å². The molecule has 0 bridgehead atoms. The van der Waals surface area contributed by atoms with E-state index < -0.39 is 21.6 Å². The van der Waals surface area contributed by atoms with Crippen molar-refractivity contribution in [2.24, 2.45) is 0 Å². The molecule has 0 spiro atoms. The van der Waals surface area contributed by atoms with Gasteiger partial charge in [0.15, 0.2) is 0 Å². The van der Waals surface area contributed by atoms with Gasteiger partial charge in [-0.2, -0.15) is 0 Å². The van der Waals surface area contributed by atoms with Crippen molar-refractivity contribution in [1.82, 2.24) is 9.71 Å². The number of fused-ring (bicyclic) bond motifs is 1. The van der Waals surface area contributed by atoms with Gasteiger partial charge in [-0.1, -0.05) is 6.07 Å². The van der Waals surface area contributed by atoms with Gasteiger partial charge < -0.3 is 10.6 Å². The van der Waals surface area contributed by atoms with Crippen molar-refractivity contribution >= 4 is 27.4 Å². The molecule has 1 aliphatic rings. The summed E-state index contributed by atoms with van der Waals surface area (Å²) in [6.07, 6.45) is 2.24. The van der Waals surface area contributed by atoms with Crippen LogP contribution in [0.2, 0.25) is 0 Å². The maximum Gasteiger partial charge on any atom is 0.247 e. The van der Waals surface area contributed by atoms with Crippen LogP contribution in [0.4, 0.5) is 11.5 Å². The highest BCUT2D eigenvalue weighted by molar-refractivity contribution is 7.89. The minimum atomic E-state index is -3.60. The molecular formula is C18H22N4O3S. The average Bonchev–Trinajstić information content (AvgIpc) is 2.97. The van der Waals surface area contributed by atoms with E-state index in [0.29, 0.717) is 12.1 Å². The Balaban J connectivity index is 1.66. The second-order valence-electron chi connectivity index (χ2n) is 7.28. The summed E-state index contributed by atoms with van der Waals surface area (Å²) in [5.74, 6) is 0.536. The summed E-state index contributed by atoms with van der Waals surface area (Å²) in [4.78, 5) is 16.8. The van der Waals surface area contributed by atoms with Gasteiger partial charge in [-0.15, -0.1) is 0 Å². The number of anilines is 2. The van der Waals surface area contributed by atoms with Gasteiger partial charge in [0.25, 0.3) is 0 Å². The maximum absolute atomic E-state index is 12.4. The molecular weight excluding hydrogens is 352 g/mol. The van der Waals surface area contributed by atoms with Gasteiger partial charge in [-0.3, -0.25) is 4.79 Å². The Labute approximate surface area is 153 Å². The fourth-order valence-corrected chi connectivity index (χ4v) is 4.15. The molecule has 1 aromatic carbocycles. The van der Waals surface area contributed by atoms with Crippen molar-refractivity contribution in [1.29, 1.82) is 0 Å². The van der Waals surface area contributed by atoms with Crippen LogP contribution in [-0.2, 0) is 21.2 Å². The molecule has 8 heteroatoms. The summed E-state index contributed by atoms with van der Waals surface area (Å²) in [6.45, 7) is 5.34. The molecule has 7 nitrogen and oxygen atoms in total. The highest BCUT2D eigenvalue weighted by Gasteiger charge is 2.27. The van der Waals surface area contributed by atoms with Gasteiger partial charge >= 0.3 is 0 Å². The number of amides is 1. The molecule has 0 saturated carbocycles. The predicted octanol–water partition coefficient (Wildman–Crippen LogP) is 2.13. The number of nitrogens with one attached hydrogen (secondary N) is 3. The zero-order valence-corrected chi connectivity index (χ0v) is 15.7. The summed E-state index contributed by atoms with van der Waals surface area (Å²) >= 11 is 0. The molecule has 1 aliphatic heterocycles. The lowest BCUT2D eigenvalue weighted by atomic mass is 10.1. The molecule has 1 amide bonds. The number of carbonyl (C=O) groups is 1. The number of hydrogen-bond donors (Lipinski definition) is 3. The van der Waals surface area contributed by atoms with Crippen LogP contribution in [0.1, 0.15) is 26.3 Å². The van der Waals surface area contributed by atoms with Crippen molar-refractivity contribution in [3.05, 3.63) is 48.2 Å². The summed E-state index contributed by atoms with van der Waals surface area (Å²) < 4.78 is 27.2. The Morgan fingerprint density at radius 1 is 1.19 bits per heavy atom. The number of carbonyl (C=O) groups excluding carboxylic acids is 1. The maximum atomic E-state index is 12.4. The Morgan fingerprint density at radius 3 is 2.50 bits per heavy atom. The van der Waals surface area contributed by atoms with Gasteiger partial charge in [0, 0.05) is 23.8 Å². The molecule has 0 saturated heterocycles. The van der Waals surface area contributed by atoms with E-state index >= 15 is 0 Å². The van der Waals surface area contributed by atoms with Crippen molar-refractivity contribution in [3.8, 4) is 0 Å². The topological polar surface area (TPSA) is 100 Å². The zero-order chi connectivity index (χ0) is 18.9. The quantitative estimate of drug-likeness (QED) is 0.761. The van der Waals surface area contributed by atoms with E-state index in [4.69, 9.17) is 0 Å². The normalized spacial score (nSPS) is 16.7. The number of benzene rings is 1. The summed E-state index contributed by atoms with van der Waals surface area (Å²) in [5.41, 5.74) is 0.973. The molecule has 1 aromatic heterocycles. The van der Waals surface area contributed by atoms with Crippen LogP contribution in [0.25, 0.3) is 0 Å². The number of sulfonamides is 1. The Bertz CT molecular complexity index is 893. The van der Waals surface area contributed by atoms with E-state index in [0.717, 1.165) is 11.4 Å². The lowest BCUT2D eigenvalue weighted by molar-refractivity contribution is -0.116. The molecule has 0 radical (unpaired) electrons. The molecule has 0 aliphatic carbocycles. The first kappa shape index (κ1) is 18.3. The summed E-state index contributed by atoms with van der Waals surface area (Å²) in [6, 6.07) is 9.48. The molecule has 0 fully saturated rings. The van der Waals surface area contributed by atoms with Crippen molar-refractivity contribution < 1.29 is 13.2 Å². The summed E-state index contributed by atoms with van der Waals surface area (Å²) in [7, 11) is -3.60. The molecule has 3 rings (SSSR count).